The average Bonchev–Trinajstić information content (AvgIpc) is 3.25. The van der Waals surface area contributed by atoms with Crippen LogP contribution >= 0.6 is 0 Å². The fourth-order valence-electron chi connectivity index (χ4n) is 4.54. The van der Waals surface area contributed by atoms with Gasteiger partial charge in [0.05, 0.1) is 34.8 Å². The van der Waals surface area contributed by atoms with Gasteiger partial charge in [-0.25, -0.2) is 4.98 Å². The highest BCUT2D eigenvalue weighted by atomic mass is 16.5. The number of nitrogens with two attached hydrogens (primary N) is 1. The summed E-state index contributed by atoms with van der Waals surface area (Å²) in [6.07, 6.45) is 2.66. The highest BCUT2D eigenvalue weighted by Gasteiger charge is 2.24. The Hall–Kier alpha value is -5.10. The van der Waals surface area contributed by atoms with Gasteiger partial charge in [-0.1, -0.05) is 38.6 Å². The van der Waals surface area contributed by atoms with Crippen molar-refractivity contribution in [2.24, 2.45) is 13.0 Å². The number of methoxy groups -OCH3 is 1. The van der Waals surface area contributed by atoms with Crippen molar-refractivity contribution in [3.8, 4) is 34.2 Å². The number of aryl methyl sites for hydroxylation is 1. The second kappa shape index (κ2) is 11.1. The van der Waals surface area contributed by atoms with Crippen LogP contribution in [0.15, 0.2) is 61.3 Å². The largest absolute Gasteiger partial charge is 0.496 e. The van der Waals surface area contributed by atoms with E-state index in [0.29, 0.717) is 45.9 Å². The Morgan fingerprint density at radius 1 is 1.21 bits per heavy atom. The number of pyridine rings is 1. The predicted molar refractivity (Wildman–Crippen MR) is 153 cm³/mol. The molecule has 4 N–H and O–H groups in total. The number of hydrogen-bond acceptors (Lipinski definition) is 6. The first-order chi connectivity index (χ1) is 18.7. The molecule has 2 amide bonds. The predicted octanol–water partition coefficient (Wildman–Crippen LogP) is 4.88. The molecule has 0 aliphatic rings. The van der Waals surface area contributed by atoms with Gasteiger partial charge in [0.1, 0.15) is 17.6 Å². The number of nitriles is 1. The number of nitrogen functional groups attached to an aromatic ring is 1. The van der Waals surface area contributed by atoms with Gasteiger partial charge in [0, 0.05) is 31.0 Å². The van der Waals surface area contributed by atoms with E-state index in [1.165, 1.54) is 19.4 Å². The molecule has 0 unspecified atom stereocenters. The lowest BCUT2D eigenvalue weighted by molar-refractivity contribution is -0.111. The molecule has 0 fully saturated rings. The lowest BCUT2D eigenvalue weighted by Gasteiger charge is -2.14. The maximum absolute atomic E-state index is 12.9. The molecular formula is C30H30N6O3. The summed E-state index contributed by atoms with van der Waals surface area (Å²) in [5.41, 5.74) is 11.5. The van der Waals surface area contributed by atoms with Gasteiger partial charge < -0.3 is 25.7 Å². The van der Waals surface area contributed by atoms with E-state index in [-0.39, 0.29) is 17.6 Å². The quantitative estimate of drug-likeness (QED) is 0.282. The maximum atomic E-state index is 12.9. The Bertz CT molecular complexity index is 1630. The first-order valence-electron chi connectivity index (χ1n) is 12.4. The summed E-state index contributed by atoms with van der Waals surface area (Å²) in [4.78, 5) is 28.9. The van der Waals surface area contributed by atoms with E-state index < -0.39 is 0 Å². The minimum absolute atomic E-state index is 0.227. The monoisotopic (exact) mass is 522 g/mol. The molecule has 4 rings (SSSR count). The fraction of sp³-hybridized carbons (Fsp3) is 0.200. The number of anilines is 2. The maximum Gasteiger partial charge on any atom is 0.255 e. The number of nitrogens with zero attached hydrogens (tertiary/aromatic N) is 3. The van der Waals surface area contributed by atoms with Crippen LogP contribution in [0.25, 0.3) is 33.3 Å². The number of benzene rings is 2. The molecule has 2 aromatic heterocycles. The Morgan fingerprint density at radius 2 is 1.90 bits per heavy atom. The van der Waals surface area contributed by atoms with Crippen LogP contribution in [0.4, 0.5) is 11.5 Å². The van der Waals surface area contributed by atoms with Crippen molar-refractivity contribution in [1.82, 2.24) is 14.9 Å². The Kier molecular flexibility index (Phi) is 7.68. The molecule has 0 bridgehead atoms. The molecule has 0 aliphatic heterocycles. The zero-order chi connectivity index (χ0) is 28.3. The number of rotatable bonds is 8. The lowest BCUT2D eigenvalue weighted by atomic mass is 9.96. The third-order valence-electron chi connectivity index (χ3n) is 6.38. The molecule has 2 aromatic carbocycles. The first-order valence-corrected chi connectivity index (χ1v) is 12.4. The SMILES string of the molecule is C=CC(=O)Nc1ccc(-c2c(-c3ccc(C(=O)NCC(C)C)c(OC)c3)c3c(N)ncc(C#N)c3n2C)cc1. The number of aromatic nitrogens is 2. The van der Waals surface area contributed by atoms with E-state index >= 15 is 0 Å². The van der Waals surface area contributed by atoms with Crippen LogP contribution < -0.4 is 21.1 Å². The number of ether oxygens (including phenoxy) is 1. The lowest BCUT2D eigenvalue weighted by Crippen LogP contribution is -2.27. The van der Waals surface area contributed by atoms with Crippen molar-refractivity contribution in [2.75, 3.05) is 24.7 Å². The molecule has 0 saturated heterocycles. The van der Waals surface area contributed by atoms with Crippen molar-refractivity contribution < 1.29 is 14.3 Å². The van der Waals surface area contributed by atoms with Gasteiger partial charge in [0.15, 0.2) is 0 Å². The highest BCUT2D eigenvalue weighted by Crippen LogP contribution is 2.44. The third-order valence-corrected chi connectivity index (χ3v) is 6.38. The van der Waals surface area contributed by atoms with E-state index in [9.17, 15) is 14.9 Å². The summed E-state index contributed by atoms with van der Waals surface area (Å²) in [5.74, 6) is 0.444. The second-order valence-electron chi connectivity index (χ2n) is 9.46. The van der Waals surface area contributed by atoms with Crippen LogP contribution in [0.3, 0.4) is 0 Å². The standard InChI is InChI=1S/C30H30N6O3/c1-6-24(37)35-21-10-7-18(8-11-21)27-25(26-28(36(27)4)20(14-31)16-33-29(26)32)19-9-12-22(23(13-19)39-5)30(38)34-15-17(2)3/h6-13,16-17H,1,15H2,2-5H3,(H2,32,33)(H,34,38)(H,35,37). The summed E-state index contributed by atoms with van der Waals surface area (Å²) >= 11 is 0. The van der Waals surface area contributed by atoms with Crippen LogP contribution in [0, 0.1) is 17.2 Å². The molecule has 0 saturated carbocycles. The van der Waals surface area contributed by atoms with E-state index in [1.54, 1.807) is 24.3 Å². The van der Waals surface area contributed by atoms with Gasteiger partial charge in [-0.05, 0) is 47.4 Å². The van der Waals surface area contributed by atoms with Crippen LogP contribution in [0.5, 0.6) is 5.75 Å². The van der Waals surface area contributed by atoms with Crippen LogP contribution in [-0.4, -0.2) is 35.0 Å². The Labute approximate surface area is 226 Å². The highest BCUT2D eigenvalue weighted by molar-refractivity contribution is 6.11. The zero-order valence-electron chi connectivity index (χ0n) is 22.3. The number of nitrogens with one attached hydrogen (secondary N) is 2. The normalized spacial score (nSPS) is 10.8. The fourth-order valence-corrected chi connectivity index (χ4v) is 4.54. The van der Waals surface area contributed by atoms with Gasteiger partial charge in [0.25, 0.3) is 5.91 Å². The van der Waals surface area contributed by atoms with E-state index in [0.717, 1.165) is 22.4 Å². The van der Waals surface area contributed by atoms with Gasteiger partial charge in [0.2, 0.25) is 5.91 Å². The van der Waals surface area contributed by atoms with E-state index in [4.69, 9.17) is 10.5 Å². The number of fused-ring (bicyclic) bond motifs is 1. The number of carbonyl (C=O) groups excluding carboxylic acids is 2. The van der Waals surface area contributed by atoms with Crippen molar-refractivity contribution in [3.05, 3.63) is 72.4 Å². The van der Waals surface area contributed by atoms with Crippen molar-refractivity contribution in [1.29, 1.82) is 5.26 Å². The van der Waals surface area contributed by atoms with Gasteiger partial charge >= 0.3 is 0 Å². The Balaban J connectivity index is 1.95. The third kappa shape index (κ3) is 5.18. The van der Waals surface area contributed by atoms with Gasteiger partial charge in [-0.15, -0.1) is 0 Å². The van der Waals surface area contributed by atoms with Crippen LogP contribution in [-0.2, 0) is 11.8 Å². The minimum atomic E-state index is -0.310. The van der Waals surface area contributed by atoms with Crippen molar-refractivity contribution in [2.45, 2.75) is 13.8 Å². The zero-order valence-corrected chi connectivity index (χ0v) is 22.3. The topological polar surface area (TPSA) is 135 Å². The average molecular weight is 523 g/mol. The summed E-state index contributed by atoms with van der Waals surface area (Å²) in [6.45, 7) is 8.07. The van der Waals surface area contributed by atoms with Gasteiger partial charge in [-0.3, -0.25) is 9.59 Å². The number of hydrogen-bond donors (Lipinski definition) is 3. The number of carbonyl (C=O) groups is 2. The summed E-state index contributed by atoms with van der Waals surface area (Å²) in [7, 11) is 3.38. The van der Waals surface area contributed by atoms with E-state index in [2.05, 4.69) is 28.3 Å². The second-order valence-corrected chi connectivity index (χ2v) is 9.46. The van der Waals surface area contributed by atoms with E-state index in [1.807, 2.05) is 43.7 Å². The van der Waals surface area contributed by atoms with Crippen molar-refractivity contribution >= 4 is 34.2 Å². The summed E-state index contributed by atoms with van der Waals surface area (Å²) in [6, 6.07) is 14.9. The van der Waals surface area contributed by atoms with Crippen molar-refractivity contribution in [3.63, 3.8) is 0 Å². The molecule has 198 valence electrons. The van der Waals surface area contributed by atoms with Crippen LogP contribution in [0.2, 0.25) is 0 Å². The molecule has 39 heavy (non-hydrogen) atoms. The Morgan fingerprint density at radius 3 is 2.51 bits per heavy atom. The molecule has 0 atom stereocenters. The minimum Gasteiger partial charge on any atom is -0.496 e. The molecule has 0 spiro atoms. The molecule has 0 aliphatic carbocycles. The molecular weight excluding hydrogens is 492 g/mol. The van der Waals surface area contributed by atoms with Crippen LogP contribution in [0.1, 0.15) is 29.8 Å². The summed E-state index contributed by atoms with van der Waals surface area (Å²) < 4.78 is 7.53. The molecule has 9 heteroatoms. The molecule has 2 heterocycles. The molecule has 0 radical (unpaired) electrons. The van der Waals surface area contributed by atoms with Gasteiger partial charge in [-0.2, -0.15) is 5.26 Å². The molecule has 4 aromatic rings. The number of amides is 2. The smallest absolute Gasteiger partial charge is 0.255 e. The summed E-state index contributed by atoms with van der Waals surface area (Å²) in [5, 5.41) is 16.1. The first kappa shape index (κ1) is 26.9. The molecule has 9 nitrogen and oxygen atoms in total.